The summed E-state index contributed by atoms with van der Waals surface area (Å²) in [6.45, 7) is 1.68. The molecule has 3 fully saturated rings. The van der Waals surface area contributed by atoms with Crippen LogP contribution in [-0.2, 0) is 27.4 Å². The number of para-hydroxylation sites is 1. The quantitative estimate of drug-likeness (QED) is 0.203. The van der Waals surface area contributed by atoms with Crippen LogP contribution in [0.5, 0.6) is 11.5 Å². The Bertz CT molecular complexity index is 1970. The molecule has 3 aromatic rings. The first-order valence-corrected chi connectivity index (χ1v) is 19.3. The highest BCUT2D eigenvalue weighted by atomic mass is 32.1. The molecule has 6 rings (SSSR count). The van der Waals surface area contributed by atoms with E-state index in [1.807, 2.05) is 0 Å². The van der Waals surface area contributed by atoms with Gasteiger partial charge in [-0.2, -0.15) is 31.6 Å². The van der Waals surface area contributed by atoms with Crippen LogP contribution in [0.1, 0.15) is 91.2 Å². The van der Waals surface area contributed by atoms with Crippen molar-refractivity contribution in [2.24, 2.45) is 5.92 Å². The maximum atomic E-state index is 15.0. The SMILES string of the molecule is CCC[C@H]1N(C(=O)c2ncccc2C(F)(F)F)CCC[C@@]1(Oc1csc(C(F)(F)F)c1)C(=O)N1CCC(C#N)(c2ccccc2OC2CC[C@H](C(=O)O)C2)CC1. The average molecular weight is 807 g/mol. The number of likely N-dealkylation sites (tertiary alicyclic amines) is 2. The molecule has 1 aliphatic carbocycles. The third-order valence-electron chi connectivity index (χ3n) is 11.1. The zero-order chi connectivity index (χ0) is 40.5. The highest BCUT2D eigenvalue weighted by molar-refractivity contribution is 7.10. The summed E-state index contributed by atoms with van der Waals surface area (Å²) >= 11 is 0.361. The molecule has 300 valence electrons. The van der Waals surface area contributed by atoms with Gasteiger partial charge in [0.05, 0.1) is 35.1 Å². The lowest BCUT2D eigenvalue weighted by molar-refractivity contribution is -0.160. The zero-order valence-corrected chi connectivity index (χ0v) is 31.2. The van der Waals surface area contributed by atoms with Gasteiger partial charge in [-0.3, -0.25) is 19.4 Å². The maximum absolute atomic E-state index is 15.0. The second-order valence-corrected chi connectivity index (χ2v) is 15.4. The minimum absolute atomic E-state index is 0.000946. The van der Waals surface area contributed by atoms with E-state index >= 15 is 4.79 Å². The normalized spacial score (nSPS) is 24.0. The molecule has 1 aromatic carbocycles. The number of nitriles is 1. The summed E-state index contributed by atoms with van der Waals surface area (Å²) in [4.78, 5) is 46.0. The van der Waals surface area contributed by atoms with Gasteiger partial charge in [-0.1, -0.05) is 31.5 Å². The molecule has 1 saturated carbocycles. The Hall–Kier alpha value is -4.85. The smallest absolute Gasteiger partial charge is 0.425 e. The molecule has 4 heterocycles. The van der Waals surface area contributed by atoms with E-state index in [4.69, 9.17) is 9.47 Å². The number of rotatable bonds is 10. The number of carbonyl (C=O) groups excluding carboxylic acids is 2. The maximum Gasteiger partial charge on any atom is 0.425 e. The van der Waals surface area contributed by atoms with Crippen molar-refractivity contribution in [1.82, 2.24) is 14.8 Å². The number of pyridine rings is 1. The minimum Gasteiger partial charge on any atom is -0.490 e. The molecule has 0 spiro atoms. The predicted molar refractivity (Wildman–Crippen MR) is 190 cm³/mol. The molecule has 2 aliphatic heterocycles. The zero-order valence-electron chi connectivity index (χ0n) is 30.4. The van der Waals surface area contributed by atoms with Gasteiger partial charge < -0.3 is 24.4 Å². The Morgan fingerprint density at radius 2 is 1.75 bits per heavy atom. The lowest BCUT2D eigenvalue weighted by Crippen LogP contribution is -2.68. The summed E-state index contributed by atoms with van der Waals surface area (Å²) < 4.78 is 96.0. The number of ether oxygens (including phenoxy) is 2. The van der Waals surface area contributed by atoms with Crippen molar-refractivity contribution in [2.75, 3.05) is 19.6 Å². The second kappa shape index (κ2) is 16.0. The van der Waals surface area contributed by atoms with E-state index in [2.05, 4.69) is 11.1 Å². The topological polar surface area (TPSA) is 133 Å². The summed E-state index contributed by atoms with van der Waals surface area (Å²) in [6.07, 6.45) is -6.98. The molecule has 2 amide bonds. The molecule has 2 saturated heterocycles. The standard InChI is InChI=1S/C39H40F6N4O6S/c1-2-7-30-37(55-26-21-31(56-22-26)39(43,44)45,13-6-17-49(30)33(50)32-28(38(40,41)42)9-5-16-47-32)35(53)48-18-14-36(23-46,15-19-48)27-8-3-4-10-29(27)54-25-12-11-24(20-25)34(51)52/h3-5,8-10,16,21-22,24-25,30H,2,6-7,11-15,17-20H2,1H3,(H,51,52)/t24-,25?,30+,37-/m0/s1. The molecule has 0 radical (unpaired) electrons. The number of halogens is 6. The molecular weight excluding hydrogens is 767 g/mol. The van der Waals surface area contributed by atoms with E-state index in [1.54, 1.807) is 31.2 Å². The van der Waals surface area contributed by atoms with Gasteiger partial charge in [0.15, 0.2) is 0 Å². The van der Waals surface area contributed by atoms with Crippen LogP contribution in [0.15, 0.2) is 54.0 Å². The number of hydrogen-bond acceptors (Lipinski definition) is 8. The average Bonchev–Trinajstić information content (AvgIpc) is 3.85. The number of hydrogen-bond donors (Lipinski definition) is 1. The highest BCUT2D eigenvalue weighted by Gasteiger charge is 2.57. The number of piperidine rings is 2. The van der Waals surface area contributed by atoms with Crippen LogP contribution in [0.2, 0.25) is 0 Å². The molecule has 3 aliphatic rings. The summed E-state index contributed by atoms with van der Waals surface area (Å²) in [7, 11) is 0. The van der Waals surface area contributed by atoms with E-state index in [-0.39, 0.29) is 63.6 Å². The molecular formula is C39H40F6N4O6S. The van der Waals surface area contributed by atoms with Crippen LogP contribution in [0.4, 0.5) is 26.3 Å². The van der Waals surface area contributed by atoms with E-state index < -0.39 is 69.2 Å². The number of thiophene rings is 1. The van der Waals surface area contributed by atoms with Crippen LogP contribution in [-0.4, -0.2) is 75.1 Å². The molecule has 1 unspecified atom stereocenters. The second-order valence-electron chi connectivity index (χ2n) is 14.5. The molecule has 17 heteroatoms. The van der Waals surface area contributed by atoms with Gasteiger partial charge in [0, 0.05) is 49.3 Å². The first-order valence-electron chi connectivity index (χ1n) is 18.4. The number of alkyl halides is 6. The molecule has 0 bridgehead atoms. The van der Waals surface area contributed by atoms with Crippen molar-refractivity contribution in [1.29, 1.82) is 5.26 Å². The van der Waals surface area contributed by atoms with Gasteiger partial charge in [-0.15, -0.1) is 11.3 Å². The van der Waals surface area contributed by atoms with E-state index in [1.165, 1.54) is 4.90 Å². The molecule has 4 atom stereocenters. The van der Waals surface area contributed by atoms with Gasteiger partial charge in [0.25, 0.3) is 11.8 Å². The van der Waals surface area contributed by atoms with Gasteiger partial charge >= 0.3 is 18.3 Å². The first-order chi connectivity index (χ1) is 26.5. The van der Waals surface area contributed by atoms with Crippen molar-refractivity contribution in [3.8, 4) is 17.6 Å². The van der Waals surface area contributed by atoms with Crippen LogP contribution in [0.3, 0.4) is 0 Å². The number of carboxylic acids is 1. The van der Waals surface area contributed by atoms with Crippen molar-refractivity contribution in [3.63, 3.8) is 0 Å². The van der Waals surface area contributed by atoms with Gasteiger partial charge in [-0.05, 0) is 63.1 Å². The minimum atomic E-state index is -4.92. The number of aliphatic carboxylic acids is 1. The van der Waals surface area contributed by atoms with E-state index in [9.17, 15) is 46.3 Å². The lowest BCUT2D eigenvalue weighted by Gasteiger charge is -2.51. The van der Waals surface area contributed by atoms with Gasteiger partial charge in [0.2, 0.25) is 5.60 Å². The highest BCUT2D eigenvalue weighted by Crippen LogP contribution is 2.45. The number of carboxylic acid groups (broad SMARTS) is 1. The number of carbonyl (C=O) groups is 3. The van der Waals surface area contributed by atoms with Crippen LogP contribution < -0.4 is 9.47 Å². The van der Waals surface area contributed by atoms with E-state index in [0.29, 0.717) is 48.3 Å². The number of amides is 2. The first kappa shape index (κ1) is 40.8. The van der Waals surface area contributed by atoms with Crippen molar-refractivity contribution < 1.29 is 55.3 Å². The van der Waals surface area contributed by atoms with Gasteiger partial charge in [0.1, 0.15) is 22.1 Å². The Balaban J connectivity index is 1.33. The Morgan fingerprint density at radius 1 is 1.02 bits per heavy atom. The largest absolute Gasteiger partial charge is 0.490 e. The van der Waals surface area contributed by atoms with Crippen LogP contribution >= 0.6 is 11.3 Å². The monoisotopic (exact) mass is 806 g/mol. The Morgan fingerprint density at radius 3 is 2.38 bits per heavy atom. The summed E-state index contributed by atoms with van der Waals surface area (Å²) in [5.74, 6) is -3.02. The van der Waals surface area contributed by atoms with Crippen molar-refractivity contribution in [2.45, 2.75) is 100 Å². The molecule has 2 aromatic heterocycles. The van der Waals surface area contributed by atoms with Crippen molar-refractivity contribution in [3.05, 3.63) is 75.7 Å². The fraction of sp³-hybridized carbons (Fsp3) is 0.513. The predicted octanol–water partition coefficient (Wildman–Crippen LogP) is 8.12. The third kappa shape index (κ3) is 8.03. The number of aromatic nitrogens is 1. The van der Waals surface area contributed by atoms with Crippen LogP contribution in [0.25, 0.3) is 0 Å². The number of benzene rings is 1. The Labute approximate surface area is 323 Å². The van der Waals surface area contributed by atoms with Crippen LogP contribution in [0, 0.1) is 17.2 Å². The van der Waals surface area contributed by atoms with E-state index in [0.717, 1.165) is 34.7 Å². The summed E-state index contributed by atoms with van der Waals surface area (Å²) in [5.41, 5.74) is -4.69. The van der Waals surface area contributed by atoms with Gasteiger partial charge in [-0.25, -0.2) is 0 Å². The Kier molecular flexibility index (Phi) is 11.6. The number of nitrogens with zero attached hydrogens (tertiary/aromatic N) is 4. The summed E-state index contributed by atoms with van der Waals surface area (Å²) in [6, 6.07) is 10.7. The third-order valence-corrected chi connectivity index (χ3v) is 12.0. The van der Waals surface area contributed by atoms with Crippen molar-refractivity contribution >= 4 is 29.1 Å². The molecule has 56 heavy (non-hydrogen) atoms. The fourth-order valence-corrected chi connectivity index (χ4v) is 8.97. The lowest BCUT2D eigenvalue weighted by atomic mass is 9.72. The fourth-order valence-electron chi connectivity index (χ4n) is 8.29. The summed E-state index contributed by atoms with van der Waals surface area (Å²) in [5, 5.41) is 21.2. The molecule has 1 N–H and O–H groups in total. The molecule has 10 nitrogen and oxygen atoms in total.